The van der Waals surface area contributed by atoms with Gasteiger partial charge in [-0.15, -0.1) is 0 Å². The van der Waals surface area contributed by atoms with Crippen LogP contribution in [0.25, 0.3) is 0 Å². The molecule has 0 bridgehead atoms. The second kappa shape index (κ2) is 7.29. The molecule has 0 spiro atoms. The van der Waals surface area contributed by atoms with Gasteiger partial charge in [-0.1, -0.05) is 11.6 Å². The van der Waals surface area contributed by atoms with E-state index in [2.05, 4.69) is 10.4 Å². The average molecular weight is 260 g/mol. The molecule has 0 unspecified atom stereocenters. The van der Waals surface area contributed by atoms with Crippen molar-refractivity contribution in [3.63, 3.8) is 0 Å². The topological polar surface area (TPSA) is 56.1 Å². The molecule has 0 aromatic carbocycles. The number of nitrogens with one attached hydrogen (secondary N) is 1. The molecule has 96 valence electrons. The Morgan fingerprint density at radius 1 is 1.59 bits per heavy atom. The number of amides is 1. The van der Waals surface area contributed by atoms with E-state index in [9.17, 15) is 4.79 Å². The number of aryl methyl sites for hydroxylation is 1. The third-order valence-electron chi connectivity index (χ3n) is 2.26. The van der Waals surface area contributed by atoms with Gasteiger partial charge in [0.05, 0.1) is 11.2 Å². The van der Waals surface area contributed by atoms with E-state index in [1.807, 2.05) is 13.8 Å². The van der Waals surface area contributed by atoms with E-state index in [0.717, 1.165) is 6.42 Å². The number of nitrogens with zero attached hydrogens (tertiary/aromatic N) is 2. The minimum Gasteiger partial charge on any atom is -0.382 e. The van der Waals surface area contributed by atoms with Crippen molar-refractivity contribution in [1.82, 2.24) is 15.1 Å². The molecule has 5 nitrogen and oxygen atoms in total. The van der Waals surface area contributed by atoms with Gasteiger partial charge in [0.25, 0.3) is 5.91 Å². The van der Waals surface area contributed by atoms with Crippen LogP contribution in [0.2, 0.25) is 5.02 Å². The van der Waals surface area contributed by atoms with Crippen molar-refractivity contribution in [1.29, 1.82) is 0 Å². The largest absolute Gasteiger partial charge is 0.382 e. The highest BCUT2D eigenvalue weighted by atomic mass is 35.5. The van der Waals surface area contributed by atoms with Crippen molar-refractivity contribution >= 4 is 17.5 Å². The molecule has 0 fully saturated rings. The first kappa shape index (κ1) is 14.0. The van der Waals surface area contributed by atoms with Crippen molar-refractivity contribution in [2.75, 3.05) is 19.8 Å². The summed E-state index contributed by atoms with van der Waals surface area (Å²) in [5.74, 6) is -0.189. The first-order chi connectivity index (χ1) is 8.20. The Bertz CT molecular complexity index is 366. The molecule has 0 saturated carbocycles. The van der Waals surface area contributed by atoms with Gasteiger partial charge in [0.1, 0.15) is 5.69 Å². The van der Waals surface area contributed by atoms with Crippen LogP contribution in [-0.2, 0) is 11.3 Å². The Kier molecular flexibility index (Phi) is 6.00. The van der Waals surface area contributed by atoms with E-state index in [1.54, 1.807) is 4.68 Å². The summed E-state index contributed by atoms with van der Waals surface area (Å²) < 4.78 is 6.76. The van der Waals surface area contributed by atoms with Gasteiger partial charge in [0.2, 0.25) is 0 Å². The lowest BCUT2D eigenvalue weighted by molar-refractivity contribution is 0.0934. The van der Waals surface area contributed by atoms with Crippen molar-refractivity contribution in [2.24, 2.45) is 0 Å². The molecule has 6 heteroatoms. The smallest absolute Gasteiger partial charge is 0.271 e. The van der Waals surface area contributed by atoms with Crippen molar-refractivity contribution < 1.29 is 9.53 Å². The fourth-order valence-electron chi connectivity index (χ4n) is 1.43. The molecule has 1 heterocycles. The molecule has 17 heavy (non-hydrogen) atoms. The summed E-state index contributed by atoms with van der Waals surface area (Å²) in [6.45, 7) is 6.39. The van der Waals surface area contributed by atoms with Gasteiger partial charge in [-0.2, -0.15) is 5.10 Å². The summed E-state index contributed by atoms with van der Waals surface area (Å²) in [5, 5.41) is 7.19. The van der Waals surface area contributed by atoms with E-state index >= 15 is 0 Å². The summed E-state index contributed by atoms with van der Waals surface area (Å²) in [7, 11) is 0. The zero-order valence-corrected chi connectivity index (χ0v) is 11.0. The monoisotopic (exact) mass is 259 g/mol. The fourth-order valence-corrected chi connectivity index (χ4v) is 1.66. The minimum absolute atomic E-state index is 0.189. The normalized spacial score (nSPS) is 10.5. The van der Waals surface area contributed by atoms with Gasteiger partial charge in [0, 0.05) is 26.3 Å². The molecule has 0 radical (unpaired) electrons. The van der Waals surface area contributed by atoms with Crippen molar-refractivity contribution in [3.8, 4) is 0 Å². The van der Waals surface area contributed by atoms with Crippen LogP contribution in [0.3, 0.4) is 0 Å². The SMILES string of the molecule is CCOCCCNC(=O)c1c(Cl)cnn1CC. The molecule has 0 saturated heterocycles. The summed E-state index contributed by atoms with van der Waals surface area (Å²) in [5.41, 5.74) is 0.422. The standard InChI is InChI=1S/C11H18ClN3O2/c1-3-15-10(9(12)8-14-15)11(16)13-6-5-7-17-4-2/h8H,3-7H2,1-2H3,(H,13,16). The van der Waals surface area contributed by atoms with Crippen LogP contribution < -0.4 is 5.32 Å². The number of carbonyl (C=O) groups is 1. The van der Waals surface area contributed by atoms with Gasteiger partial charge < -0.3 is 10.1 Å². The van der Waals surface area contributed by atoms with Crippen LogP contribution >= 0.6 is 11.6 Å². The van der Waals surface area contributed by atoms with Crippen LogP contribution in [0.15, 0.2) is 6.20 Å². The lowest BCUT2D eigenvalue weighted by atomic mass is 10.3. The number of ether oxygens (including phenoxy) is 1. The van der Waals surface area contributed by atoms with E-state index in [0.29, 0.717) is 37.0 Å². The highest BCUT2D eigenvalue weighted by molar-refractivity contribution is 6.33. The predicted octanol–water partition coefficient (Wildman–Crippen LogP) is 1.71. The second-order valence-electron chi connectivity index (χ2n) is 3.46. The minimum atomic E-state index is -0.189. The maximum Gasteiger partial charge on any atom is 0.271 e. The van der Waals surface area contributed by atoms with Gasteiger partial charge in [-0.25, -0.2) is 0 Å². The van der Waals surface area contributed by atoms with Gasteiger partial charge in [-0.3, -0.25) is 9.48 Å². The summed E-state index contributed by atoms with van der Waals surface area (Å²) >= 11 is 5.91. The number of hydrogen-bond acceptors (Lipinski definition) is 3. The molecule has 1 N–H and O–H groups in total. The van der Waals surface area contributed by atoms with Crippen LogP contribution in [0, 0.1) is 0 Å². The van der Waals surface area contributed by atoms with Crippen LogP contribution in [0.1, 0.15) is 30.8 Å². The maximum absolute atomic E-state index is 11.8. The Morgan fingerprint density at radius 2 is 2.35 bits per heavy atom. The zero-order valence-electron chi connectivity index (χ0n) is 10.2. The maximum atomic E-state index is 11.8. The Labute approximate surface area is 106 Å². The third-order valence-corrected chi connectivity index (χ3v) is 2.54. The second-order valence-corrected chi connectivity index (χ2v) is 3.87. The lowest BCUT2D eigenvalue weighted by Crippen LogP contribution is -2.28. The summed E-state index contributed by atoms with van der Waals surface area (Å²) in [6.07, 6.45) is 2.28. The Balaban J connectivity index is 2.44. The number of hydrogen-bond donors (Lipinski definition) is 1. The number of rotatable bonds is 7. The van der Waals surface area contributed by atoms with Crippen molar-refractivity contribution in [2.45, 2.75) is 26.8 Å². The average Bonchev–Trinajstić information content (AvgIpc) is 2.70. The molecule has 1 rings (SSSR count). The quantitative estimate of drug-likeness (QED) is 0.759. The molecule has 1 amide bonds. The Morgan fingerprint density at radius 3 is 3.00 bits per heavy atom. The highest BCUT2D eigenvalue weighted by Crippen LogP contribution is 2.14. The van der Waals surface area contributed by atoms with E-state index in [1.165, 1.54) is 6.20 Å². The van der Waals surface area contributed by atoms with Crippen LogP contribution in [0.5, 0.6) is 0 Å². The third kappa shape index (κ3) is 4.02. The van der Waals surface area contributed by atoms with Crippen molar-refractivity contribution in [3.05, 3.63) is 16.9 Å². The predicted molar refractivity (Wildman–Crippen MR) is 66.4 cm³/mol. The van der Waals surface area contributed by atoms with Gasteiger partial charge >= 0.3 is 0 Å². The van der Waals surface area contributed by atoms with E-state index in [-0.39, 0.29) is 5.91 Å². The first-order valence-corrected chi connectivity index (χ1v) is 6.15. The summed E-state index contributed by atoms with van der Waals surface area (Å²) in [6, 6.07) is 0. The molecule has 1 aromatic rings. The molecule has 1 aromatic heterocycles. The van der Waals surface area contributed by atoms with Gasteiger partial charge in [-0.05, 0) is 20.3 Å². The zero-order chi connectivity index (χ0) is 12.7. The molecule has 0 aliphatic carbocycles. The number of aromatic nitrogens is 2. The molecular formula is C11H18ClN3O2. The first-order valence-electron chi connectivity index (χ1n) is 5.77. The van der Waals surface area contributed by atoms with E-state index < -0.39 is 0 Å². The van der Waals surface area contributed by atoms with Crippen LogP contribution in [-0.4, -0.2) is 35.4 Å². The fraction of sp³-hybridized carbons (Fsp3) is 0.636. The van der Waals surface area contributed by atoms with E-state index in [4.69, 9.17) is 16.3 Å². The van der Waals surface area contributed by atoms with Gasteiger partial charge in [0.15, 0.2) is 0 Å². The molecule has 0 aliphatic rings. The molecular weight excluding hydrogens is 242 g/mol. The summed E-state index contributed by atoms with van der Waals surface area (Å²) in [4.78, 5) is 11.8. The molecule has 0 aliphatic heterocycles. The highest BCUT2D eigenvalue weighted by Gasteiger charge is 2.15. The Hall–Kier alpha value is -1.07. The van der Waals surface area contributed by atoms with Crippen LogP contribution in [0.4, 0.5) is 0 Å². The molecule has 0 atom stereocenters. The number of halogens is 1. The number of carbonyl (C=O) groups excluding carboxylic acids is 1. The lowest BCUT2D eigenvalue weighted by Gasteiger charge is -2.07.